The van der Waals surface area contributed by atoms with E-state index in [0.717, 1.165) is 18.1 Å². The minimum atomic E-state index is 0.234. The van der Waals surface area contributed by atoms with Gasteiger partial charge in [0.15, 0.2) is 6.07 Å². The van der Waals surface area contributed by atoms with E-state index in [-0.39, 0.29) is 6.07 Å². The highest BCUT2D eigenvalue weighted by atomic mass is 35.5. The lowest BCUT2D eigenvalue weighted by atomic mass is 9.89. The number of alkyl halides is 1. The van der Waals surface area contributed by atoms with E-state index in [4.69, 9.17) is 16.3 Å². The van der Waals surface area contributed by atoms with Crippen LogP contribution in [0.4, 0.5) is 0 Å². The van der Waals surface area contributed by atoms with Crippen molar-refractivity contribution in [2.24, 2.45) is 5.92 Å². The lowest BCUT2D eigenvalue weighted by molar-refractivity contribution is 0.371. The van der Waals surface area contributed by atoms with E-state index in [1.165, 1.54) is 24.0 Å². The minimum absolute atomic E-state index is 0.234. The first-order valence-corrected chi connectivity index (χ1v) is 7.54. The Bertz CT molecular complexity index is 398. The predicted molar refractivity (Wildman–Crippen MR) is 77.6 cm³/mol. The van der Waals surface area contributed by atoms with Gasteiger partial charge in [0.05, 0.1) is 0 Å². The maximum atomic E-state index is 5.81. The van der Waals surface area contributed by atoms with Crippen LogP contribution in [-0.2, 0) is 0 Å². The quantitative estimate of drug-likeness (QED) is 0.636. The predicted octanol–water partition coefficient (Wildman–Crippen LogP) is 5.29. The van der Waals surface area contributed by atoms with Crippen molar-refractivity contribution in [3.8, 4) is 5.75 Å². The topological polar surface area (TPSA) is 9.23 Å². The maximum absolute atomic E-state index is 5.81. The summed E-state index contributed by atoms with van der Waals surface area (Å²) in [4.78, 5) is 0. The smallest absolute Gasteiger partial charge is 0.162 e. The fraction of sp³-hybridized carbons (Fsp3) is 0.625. The SMILES string of the molecule is CCC(C)c1cccc(C(C)C2CC2)c1OCCl. The van der Waals surface area contributed by atoms with E-state index in [1.807, 2.05) is 0 Å². The van der Waals surface area contributed by atoms with Crippen molar-refractivity contribution in [1.29, 1.82) is 0 Å². The molecule has 1 aliphatic carbocycles. The summed E-state index contributed by atoms with van der Waals surface area (Å²) in [5.74, 6) is 3.00. The summed E-state index contributed by atoms with van der Waals surface area (Å²) in [5.41, 5.74) is 2.65. The van der Waals surface area contributed by atoms with E-state index in [2.05, 4.69) is 39.0 Å². The fourth-order valence-corrected chi connectivity index (χ4v) is 2.72. The Hall–Kier alpha value is -0.690. The summed E-state index contributed by atoms with van der Waals surface area (Å²) in [6.45, 7) is 6.78. The second-order valence-electron chi connectivity index (χ2n) is 5.45. The van der Waals surface area contributed by atoms with Gasteiger partial charge in [-0.15, -0.1) is 0 Å². The van der Waals surface area contributed by atoms with Crippen LogP contribution in [0.25, 0.3) is 0 Å². The van der Waals surface area contributed by atoms with Crippen LogP contribution in [0.3, 0.4) is 0 Å². The molecule has 1 aromatic carbocycles. The summed E-state index contributed by atoms with van der Waals surface area (Å²) in [5, 5.41) is 0. The monoisotopic (exact) mass is 266 g/mol. The first kappa shape index (κ1) is 13.7. The van der Waals surface area contributed by atoms with Crippen molar-refractivity contribution < 1.29 is 4.74 Å². The van der Waals surface area contributed by atoms with E-state index in [0.29, 0.717) is 11.8 Å². The normalized spacial score (nSPS) is 18.4. The molecule has 1 aliphatic rings. The van der Waals surface area contributed by atoms with Gasteiger partial charge in [0.25, 0.3) is 0 Å². The van der Waals surface area contributed by atoms with Gasteiger partial charge in [-0.3, -0.25) is 0 Å². The van der Waals surface area contributed by atoms with Gasteiger partial charge in [-0.25, -0.2) is 0 Å². The molecule has 1 nitrogen and oxygen atoms in total. The molecular formula is C16H23ClO. The van der Waals surface area contributed by atoms with Crippen molar-refractivity contribution in [3.05, 3.63) is 29.3 Å². The molecule has 2 unspecified atom stereocenters. The fourth-order valence-electron chi connectivity index (χ4n) is 2.61. The highest BCUT2D eigenvalue weighted by molar-refractivity contribution is 6.17. The van der Waals surface area contributed by atoms with Crippen LogP contribution in [0, 0.1) is 5.92 Å². The molecule has 0 radical (unpaired) electrons. The zero-order valence-corrected chi connectivity index (χ0v) is 12.3. The Kier molecular flexibility index (Phi) is 4.55. The molecule has 18 heavy (non-hydrogen) atoms. The van der Waals surface area contributed by atoms with Gasteiger partial charge in [-0.1, -0.05) is 50.6 Å². The molecule has 0 bridgehead atoms. The van der Waals surface area contributed by atoms with Gasteiger partial charge >= 0.3 is 0 Å². The van der Waals surface area contributed by atoms with Crippen molar-refractivity contribution in [2.75, 3.05) is 6.07 Å². The van der Waals surface area contributed by atoms with Crippen LogP contribution in [0.15, 0.2) is 18.2 Å². The Balaban J connectivity index is 2.37. The van der Waals surface area contributed by atoms with Crippen LogP contribution >= 0.6 is 11.6 Å². The summed E-state index contributed by atoms with van der Waals surface area (Å²) in [6, 6.07) is 6.78. The van der Waals surface area contributed by atoms with Crippen LogP contribution in [0.1, 0.15) is 63.0 Å². The molecular weight excluding hydrogens is 244 g/mol. The average molecular weight is 267 g/mol. The number of rotatable bonds is 6. The summed E-state index contributed by atoms with van der Waals surface area (Å²) in [6.07, 6.45) is 3.84. The van der Waals surface area contributed by atoms with Gasteiger partial charge in [-0.2, -0.15) is 0 Å². The molecule has 0 saturated heterocycles. The highest BCUT2D eigenvalue weighted by Crippen LogP contribution is 2.46. The van der Waals surface area contributed by atoms with Crippen molar-refractivity contribution in [1.82, 2.24) is 0 Å². The molecule has 2 rings (SSSR count). The van der Waals surface area contributed by atoms with Crippen molar-refractivity contribution in [2.45, 2.75) is 51.9 Å². The first-order chi connectivity index (χ1) is 8.69. The zero-order chi connectivity index (χ0) is 13.1. The lowest BCUT2D eigenvalue weighted by Crippen LogP contribution is -2.06. The summed E-state index contributed by atoms with van der Waals surface area (Å²) >= 11 is 5.81. The number of benzene rings is 1. The van der Waals surface area contributed by atoms with Crippen LogP contribution in [0.2, 0.25) is 0 Å². The molecule has 0 N–H and O–H groups in total. The average Bonchev–Trinajstić information content (AvgIpc) is 3.22. The molecule has 1 saturated carbocycles. The molecule has 2 heteroatoms. The number of ether oxygens (including phenoxy) is 1. The van der Waals surface area contributed by atoms with Crippen molar-refractivity contribution >= 4 is 11.6 Å². The molecule has 0 aliphatic heterocycles. The third-order valence-electron chi connectivity index (χ3n) is 4.24. The largest absolute Gasteiger partial charge is 0.477 e. The molecule has 0 heterocycles. The molecule has 0 amide bonds. The highest BCUT2D eigenvalue weighted by Gasteiger charge is 2.31. The standard InChI is InChI=1S/C16H23ClO/c1-4-11(2)14-6-5-7-15(16(14)18-10-17)12(3)13-8-9-13/h5-7,11-13H,4,8-10H2,1-3H3. The van der Waals surface area contributed by atoms with Gasteiger partial charge in [0, 0.05) is 0 Å². The number of para-hydroxylation sites is 1. The number of hydrogen-bond acceptors (Lipinski definition) is 1. The third-order valence-corrected chi connectivity index (χ3v) is 4.35. The molecule has 1 aromatic rings. The summed E-state index contributed by atoms with van der Waals surface area (Å²) in [7, 11) is 0. The van der Waals surface area contributed by atoms with Gasteiger partial charge in [-0.05, 0) is 48.1 Å². The molecule has 100 valence electrons. The minimum Gasteiger partial charge on any atom is -0.477 e. The zero-order valence-electron chi connectivity index (χ0n) is 11.6. The Labute approximate surface area is 115 Å². The van der Waals surface area contributed by atoms with Gasteiger partial charge in [0.1, 0.15) is 5.75 Å². The first-order valence-electron chi connectivity index (χ1n) is 7.00. The van der Waals surface area contributed by atoms with Gasteiger partial charge < -0.3 is 4.74 Å². The van der Waals surface area contributed by atoms with Gasteiger partial charge in [0.2, 0.25) is 0 Å². The Morgan fingerprint density at radius 1 is 1.28 bits per heavy atom. The molecule has 0 spiro atoms. The number of hydrogen-bond donors (Lipinski definition) is 0. The third kappa shape index (κ3) is 2.83. The lowest BCUT2D eigenvalue weighted by Gasteiger charge is -2.21. The van der Waals surface area contributed by atoms with E-state index >= 15 is 0 Å². The molecule has 0 aromatic heterocycles. The van der Waals surface area contributed by atoms with Crippen LogP contribution < -0.4 is 4.74 Å². The number of halogens is 1. The summed E-state index contributed by atoms with van der Waals surface area (Å²) < 4.78 is 5.76. The van der Waals surface area contributed by atoms with E-state index in [1.54, 1.807) is 0 Å². The maximum Gasteiger partial charge on any atom is 0.162 e. The molecule has 1 fully saturated rings. The second kappa shape index (κ2) is 5.97. The van der Waals surface area contributed by atoms with E-state index < -0.39 is 0 Å². The van der Waals surface area contributed by atoms with Crippen LogP contribution in [-0.4, -0.2) is 6.07 Å². The van der Waals surface area contributed by atoms with Crippen molar-refractivity contribution in [3.63, 3.8) is 0 Å². The second-order valence-corrected chi connectivity index (χ2v) is 5.67. The van der Waals surface area contributed by atoms with Crippen LogP contribution in [0.5, 0.6) is 5.75 Å². The Morgan fingerprint density at radius 3 is 2.50 bits per heavy atom. The van der Waals surface area contributed by atoms with E-state index in [9.17, 15) is 0 Å². The molecule has 2 atom stereocenters. The Morgan fingerprint density at radius 2 is 1.94 bits per heavy atom.